The van der Waals surface area contributed by atoms with Gasteiger partial charge >= 0.3 is 33.3 Å². The van der Waals surface area contributed by atoms with Gasteiger partial charge in [-0.1, -0.05) is 0 Å². The van der Waals surface area contributed by atoms with Crippen molar-refractivity contribution in [2.75, 3.05) is 0 Å². The van der Waals surface area contributed by atoms with E-state index in [-0.39, 0.29) is 13.1 Å². The van der Waals surface area contributed by atoms with Gasteiger partial charge in [0.15, 0.2) is 0 Å². The number of thiocyanates is 1. The van der Waals surface area contributed by atoms with E-state index in [2.05, 4.69) is 37.8 Å². The van der Waals surface area contributed by atoms with E-state index in [4.69, 9.17) is 29.9 Å². The van der Waals surface area contributed by atoms with Gasteiger partial charge in [0.2, 0.25) is 0 Å². The quantitative estimate of drug-likeness (QED) is 0.103. The molecule has 0 N–H and O–H groups in total. The zero-order chi connectivity index (χ0) is 23.3. The topological polar surface area (TPSA) is 74.0 Å². The second-order valence-electron chi connectivity index (χ2n) is 6.02. The van der Waals surface area contributed by atoms with E-state index in [0.29, 0.717) is 11.5 Å². The van der Waals surface area contributed by atoms with Gasteiger partial charge in [0.05, 0.1) is 33.6 Å². The van der Waals surface area contributed by atoms with Crippen molar-refractivity contribution in [3.63, 3.8) is 0 Å². The fraction of sp³-hybridized carbons (Fsp3) is 0.0909. The Kier molecular flexibility index (Phi) is 11.4. The van der Waals surface area contributed by atoms with Crippen LogP contribution in [0.2, 0.25) is 0 Å². The van der Waals surface area contributed by atoms with Crippen molar-refractivity contribution in [3.8, 4) is 5.40 Å². The summed E-state index contributed by atoms with van der Waals surface area (Å²) in [5, 5.41) is 13.1. The van der Waals surface area contributed by atoms with Crippen molar-refractivity contribution in [1.82, 2.24) is 0 Å². The molecule has 3 aromatic rings. The molecule has 32 heavy (non-hydrogen) atoms. The number of hydrogen-bond acceptors (Lipinski definition) is 7. The molecule has 1 heterocycles. The minimum atomic E-state index is 0.194. The summed E-state index contributed by atoms with van der Waals surface area (Å²) < 4.78 is 5.93. The summed E-state index contributed by atoms with van der Waals surface area (Å²) >= 11 is 5.92. The first-order valence-corrected chi connectivity index (χ1v) is 13.2. The Labute approximate surface area is 210 Å². The maximum atomic E-state index is 8.71. The number of isothiocyanates is 1. The molecule has 0 spiro atoms. The summed E-state index contributed by atoms with van der Waals surface area (Å²) in [4.78, 5) is 14.0. The molecule has 1 aromatic heterocycles. The number of nitriles is 1. The monoisotopic (exact) mass is 542 g/mol. The van der Waals surface area contributed by atoms with Crippen LogP contribution in [0.3, 0.4) is 0 Å². The number of benzene rings is 2. The average Bonchev–Trinajstić information content (AvgIpc) is 3.28. The normalized spacial score (nSPS) is 11.2. The van der Waals surface area contributed by atoms with Crippen molar-refractivity contribution in [2.45, 2.75) is 18.7 Å². The molecule has 0 atom stereocenters. The first-order chi connectivity index (χ1) is 15.5. The number of thiocarbonyl (C=S) groups is 1. The van der Waals surface area contributed by atoms with Crippen molar-refractivity contribution in [1.29, 1.82) is 5.26 Å². The molecule has 0 aliphatic heterocycles. The van der Waals surface area contributed by atoms with Crippen LogP contribution in [0.25, 0.3) is 0 Å². The fourth-order valence-electron chi connectivity index (χ4n) is 2.52. The number of rotatable bonds is 6. The number of nitrogens with zero attached hydrogens (tertiary/aromatic N) is 4. The van der Waals surface area contributed by atoms with Crippen molar-refractivity contribution in [3.05, 3.63) is 72.2 Å². The van der Waals surface area contributed by atoms with Crippen LogP contribution in [0.5, 0.6) is 0 Å². The van der Waals surface area contributed by atoms with Crippen LogP contribution in [0.15, 0.2) is 85.0 Å². The van der Waals surface area contributed by atoms with E-state index >= 15 is 0 Å². The summed E-state index contributed by atoms with van der Waals surface area (Å²) in [6, 6.07) is 18.6. The van der Waals surface area contributed by atoms with Gasteiger partial charge in [0.1, 0.15) is 16.9 Å². The molecular formula is C22H16Cl2FeN4OS2. The van der Waals surface area contributed by atoms with Gasteiger partial charge < -0.3 is 4.42 Å². The number of aliphatic imine (C=N–C) groups is 3. The number of halogens is 2. The van der Waals surface area contributed by atoms with E-state index in [1.807, 2.05) is 74.5 Å². The molecule has 0 amide bonds. The van der Waals surface area contributed by atoms with Crippen LogP contribution in [-0.2, 0) is 13.1 Å². The van der Waals surface area contributed by atoms with Crippen LogP contribution in [0, 0.1) is 10.7 Å². The van der Waals surface area contributed by atoms with Crippen molar-refractivity contribution in [2.24, 2.45) is 15.0 Å². The molecule has 3 rings (SSSR count). The summed E-state index contributed by atoms with van der Waals surface area (Å²) in [7, 11) is 9.53. The standard InChI is InChI=1S/C22H16N4OS2.2ClH.Fe/c1-15(25-18-5-3-17(4-6-18)24-14-28)21-11-12-22(27-21)16(2)26-19-7-9-20(10-8-19)29-13-23;;;/h3-12H,1-2H3;2*1H;/q;;;+2/p-2. The predicted molar refractivity (Wildman–Crippen MR) is 133 cm³/mol. The van der Waals surface area contributed by atoms with E-state index in [1.165, 1.54) is 0 Å². The van der Waals surface area contributed by atoms with Gasteiger partial charge in [0.25, 0.3) is 0 Å². The SMILES string of the molecule is CC(=Nc1ccc(N=C=S)cc1)c1ccc(C(C)=Nc2ccc(SC#N)cc2)o1.[Cl][Fe][Cl]. The van der Waals surface area contributed by atoms with Gasteiger partial charge in [-0.3, -0.25) is 0 Å². The third-order valence-electron chi connectivity index (χ3n) is 3.94. The second kappa shape index (κ2) is 14.1. The Morgan fingerprint density at radius 3 is 1.75 bits per heavy atom. The second-order valence-corrected chi connectivity index (χ2v) is 8.88. The molecule has 164 valence electrons. The minimum absolute atomic E-state index is 0.194. The van der Waals surface area contributed by atoms with E-state index in [0.717, 1.165) is 45.1 Å². The summed E-state index contributed by atoms with van der Waals surface area (Å²) in [5.41, 5.74) is 3.85. The van der Waals surface area contributed by atoms with Crippen LogP contribution in [0.4, 0.5) is 17.1 Å². The molecule has 0 unspecified atom stereocenters. The van der Waals surface area contributed by atoms with E-state index < -0.39 is 0 Å². The Hall–Kier alpha value is -2.20. The number of furan rings is 1. The van der Waals surface area contributed by atoms with E-state index in [1.54, 1.807) is 0 Å². The molecule has 0 saturated carbocycles. The average molecular weight is 543 g/mol. The molecule has 0 bridgehead atoms. The summed E-state index contributed by atoms with van der Waals surface area (Å²) in [6.45, 7) is 3.78. The Morgan fingerprint density at radius 1 is 0.875 bits per heavy atom. The molecule has 5 nitrogen and oxygen atoms in total. The Bertz CT molecular complexity index is 1180. The predicted octanol–water partition coefficient (Wildman–Crippen LogP) is 8.24. The zero-order valence-electron chi connectivity index (χ0n) is 16.9. The van der Waals surface area contributed by atoms with Gasteiger partial charge in [0, 0.05) is 4.90 Å². The van der Waals surface area contributed by atoms with Gasteiger partial charge in [-0.15, -0.1) is 0 Å². The van der Waals surface area contributed by atoms with Crippen molar-refractivity contribution >= 4 is 77.8 Å². The first-order valence-electron chi connectivity index (χ1n) is 8.91. The Balaban J connectivity index is 0.00000114. The van der Waals surface area contributed by atoms with E-state index in [9.17, 15) is 0 Å². The van der Waals surface area contributed by atoms with Gasteiger partial charge in [-0.25, -0.2) is 9.98 Å². The Morgan fingerprint density at radius 2 is 1.31 bits per heavy atom. The molecular weight excluding hydrogens is 527 g/mol. The first kappa shape index (κ1) is 26.1. The molecule has 0 aliphatic rings. The fourth-order valence-corrected chi connectivity index (χ4v) is 3.00. The summed E-state index contributed by atoms with van der Waals surface area (Å²) in [5.74, 6) is 1.35. The molecule has 0 radical (unpaired) electrons. The van der Waals surface area contributed by atoms with Gasteiger partial charge in [-0.2, -0.15) is 10.3 Å². The zero-order valence-corrected chi connectivity index (χ0v) is 21.1. The van der Waals surface area contributed by atoms with Crippen LogP contribution in [-0.4, -0.2) is 16.6 Å². The van der Waals surface area contributed by atoms with Crippen LogP contribution in [0.1, 0.15) is 25.4 Å². The number of hydrogen-bond donors (Lipinski definition) is 0. The number of thioether (sulfide) groups is 1. The molecule has 0 fully saturated rings. The third-order valence-corrected chi connectivity index (χ3v) is 4.63. The van der Waals surface area contributed by atoms with Gasteiger partial charge in [-0.05, 0) is 98.5 Å². The third kappa shape index (κ3) is 8.38. The van der Waals surface area contributed by atoms with Crippen molar-refractivity contribution < 1.29 is 17.6 Å². The maximum absolute atomic E-state index is 8.71. The molecule has 0 aliphatic carbocycles. The molecule has 0 saturated heterocycles. The molecule has 2 aromatic carbocycles. The summed E-state index contributed by atoms with van der Waals surface area (Å²) in [6.07, 6.45) is 0. The molecule has 10 heteroatoms. The van der Waals surface area contributed by atoms with Crippen LogP contribution >= 0.6 is 44.2 Å². The van der Waals surface area contributed by atoms with Crippen LogP contribution < -0.4 is 0 Å².